The number of nitrogens with two attached hydrogens (primary N) is 1. The standard InChI is InChI=1S/C12H9F2N3O2/c13-7-1-2-12(11(14)3-7)16-9-4-8(15)5-10(6-9)17(18)19/h1-6,16H,15H2. The zero-order valence-corrected chi connectivity index (χ0v) is 9.56. The minimum Gasteiger partial charge on any atom is -0.398 e. The fourth-order valence-electron chi connectivity index (χ4n) is 1.56. The van der Waals surface area contributed by atoms with Crippen LogP contribution in [0.2, 0.25) is 0 Å². The smallest absolute Gasteiger partial charge is 0.273 e. The lowest BCUT2D eigenvalue weighted by Gasteiger charge is -2.08. The molecule has 0 aliphatic carbocycles. The Hall–Kier alpha value is -2.70. The van der Waals surface area contributed by atoms with Gasteiger partial charge in [0, 0.05) is 29.6 Å². The average molecular weight is 265 g/mol. The molecule has 0 bridgehead atoms. The highest BCUT2D eigenvalue weighted by molar-refractivity contribution is 5.67. The average Bonchev–Trinajstić information content (AvgIpc) is 2.32. The Labute approximate surface area is 106 Å². The van der Waals surface area contributed by atoms with Crippen LogP contribution in [0, 0.1) is 21.7 Å². The Morgan fingerprint density at radius 1 is 1.16 bits per heavy atom. The fraction of sp³-hybridized carbons (Fsp3) is 0. The van der Waals surface area contributed by atoms with Gasteiger partial charge in [-0.05, 0) is 18.2 Å². The van der Waals surface area contributed by atoms with E-state index in [4.69, 9.17) is 5.73 Å². The lowest BCUT2D eigenvalue weighted by molar-refractivity contribution is -0.384. The van der Waals surface area contributed by atoms with Crippen LogP contribution in [0.15, 0.2) is 36.4 Å². The first-order valence-corrected chi connectivity index (χ1v) is 5.23. The summed E-state index contributed by atoms with van der Waals surface area (Å²) in [5, 5.41) is 13.3. The Morgan fingerprint density at radius 3 is 2.53 bits per heavy atom. The number of nitrogen functional groups attached to an aromatic ring is 1. The third-order valence-electron chi connectivity index (χ3n) is 2.36. The van der Waals surface area contributed by atoms with Crippen molar-refractivity contribution >= 4 is 22.7 Å². The van der Waals surface area contributed by atoms with Crippen LogP contribution in [0.3, 0.4) is 0 Å². The predicted molar refractivity (Wildman–Crippen MR) is 67.1 cm³/mol. The zero-order valence-electron chi connectivity index (χ0n) is 9.56. The van der Waals surface area contributed by atoms with Crippen molar-refractivity contribution in [3.05, 3.63) is 58.1 Å². The Kier molecular flexibility index (Phi) is 3.28. The lowest BCUT2D eigenvalue weighted by atomic mass is 10.2. The molecule has 2 rings (SSSR count). The molecule has 0 spiro atoms. The molecule has 0 atom stereocenters. The lowest BCUT2D eigenvalue weighted by Crippen LogP contribution is -1.98. The van der Waals surface area contributed by atoms with Crippen LogP contribution in [0.25, 0.3) is 0 Å². The molecular formula is C12H9F2N3O2. The van der Waals surface area contributed by atoms with Crippen LogP contribution >= 0.6 is 0 Å². The summed E-state index contributed by atoms with van der Waals surface area (Å²) in [4.78, 5) is 10.1. The second kappa shape index (κ2) is 4.89. The van der Waals surface area contributed by atoms with Crippen LogP contribution < -0.4 is 11.1 Å². The summed E-state index contributed by atoms with van der Waals surface area (Å²) in [5.74, 6) is -1.51. The maximum Gasteiger partial charge on any atom is 0.273 e. The van der Waals surface area contributed by atoms with E-state index in [1.807, 2.05) is 0 Å². The molecule has 7 heteroatoms. The van der Waals surface area contributed by atoms with E-state index in [0.29, 0.717) is 6.07 Å². The summed E-state index contributed by atoms with van der Waals surface area (Å²) < 4.78 is 26.2. The van der Waals surface area contributed by atoms with Crippen LogP contribution in [-0.2, 0) is 0 Å². The van der Waals surface area contributed by atoms with Crippen molar-refractivity contribution in [2.24, 2.45) is 0 Å². The molecule has 0 amide bonds. The number of halogens is 2. The SMILES string of the molecule is Nc1cc(Nc2ccc(F)cc2F)cc([N+](=O)[O-])c1. The third-order valence-corrected chi connectivity index (χ3v) is 2.36. The van der Waals surface area contributed by atoms with Crippen molar-refractivity contribution in [2.75, 3.05) is 11.1 Å². The minimum atomic E-state index is -0.801. The highest BCUT2D eigenvalue weighted by Gasteiger charge is 2.10. The zero-order chi connectivity index (χ0) is 14.0. The summed E-state index contributed by atoms with van der Waals surface area (Å²) in [6, 6.07) is 6.79. The molecule has 3 N–H and O–H groups in total. The van der Waals surface area contributed by atoms with Crippen molar-refractivity contribution in [3.8, 4) is 0 Å². The number of benzene rings is 2. The molecule has 2 aromatic rings. The van der Waals surface area contributed by atoms with Gasteiger partial charge in [0.1, 0.15) is 11.6 Å². The van der Waals surface area contributed by atoms with Gasteiger partial charge < -0.3 is 11.1 Å². The molecular weight excluding hydrogens is 256 g/mol. The Morgan fingerprint density at radius 2 is 1.89 bits per heavy atom. The molecule has 0 unspecified atom stereocenters. The summed E-state index contributed by atoms with van der Waals surface area (Å²) in [6.07, 6.45) is 0. The van der Waals surface area contributed by atoms with E-state index < -0.39 is 16.6 Å². The first-order chi connectivity index (χ1) is 8.95. The molecule has 0 saturated carbocycles. The topological polar surface area (TPSA) is 81.2 Å². The molecule has 0 aliphatic heterocycles. The first-order valence-electron chi connectivity index (χ1n) is 5.23. The van der Waals surface area contributed by atoms with E-state index >= 15 is 0 Å². The number of nitro groups is 1. The second-order valence-electron chi connectivity index (χ2n) is 3.82. The van der Waals surface area contributed by atoms with Crippen molar-refractivity contribution < 1.29 is 13.7 Å². The molecule has 2 aromatic carbocycles. The third kappa shape index (κ3) is 2.95. The van der Waals surface area contributed by atoms with Crippen LogP contribution in [0.1, 0.15) is 0 Å². The largest absolute Gasteiger partial charge is 0.398 e. The number of rotatable bonds is 3. The van der Waals surface area contributed by atoms with E-state index in [9.17, 15) is 18.9 Å². The highest BCUT2D eigenvalue weighted by atomic mass is 19.1. The molecule has 0 fully saturated rings. The normalized spacial score (nSPS) is 10.2. The van der Waals surface area contributed by atoms with E-state index in [0.717, 1.165) is 6.07 Å². The number of hydrogen-bond donors (Lipinski definition) is 2. The molecule has 0 heterocycles. The summed E-state index contributed by atoms with van der Waals surface area (Å²) in [5.41, 5.74) is 5.71. The number of nitro benzene ring substituents is 1. The van der Waals surface area contributed by atoms with Gasteiger partial charge in [0.2, 0.25) is 0 Å². The highest BCUT2D eigenvalue weighted by Crippen LogP contribution is 2.26. The fourth-order valence-corrected chi connectivity index (χ4v) is 1.56. The van der Waals surface area contributed by atoms with Gasteiger partial charge in [-0.15, -0.1) is 0 Å². The molecule has 0 aliphatic rings. The quantitative estimate of drug-likeness (QED) is 0.507. The molecule has 0 aromatic heterocycles. The first kappa shape index (κ1) is 12.7. The molecule has 5 nitrogen and oxygen atoms in total. The van der Waals surface area contributed by atoms with Gasteiger partial charge in [-0.3, -0.25) is 10.1 Å². The van der Waals surface area contributed by atoms with Crippen molar-refractivity contribution in [3.63, 3.8) is 0 Å². The number of nitrogens with zero attached hydrogens (tertiary/aromatic N) is 1. The van der Waals surface area contributed by atoms with Crippen LogP contribution in [0.5, 0.6) is 0 Å². The monoisotopic (exact) mass is 265 g/mol. The molecule has 98 valence electrons. The summed E-state index contributed by atoms with van der Waals surface area (Å²) in [7, 11) is 0. The van der Waals surface area contributed by atoms with E-state index in [2.05, 4.69) is 5.32 Å². The summed E-state index contributed by atoms with van der Waals surface area (Å²) >= 11 is 0. The van der Waals surface area contributed by atoms with Gasteiger partial charge in [-0.25, -0.2) is 8.78 Å². The van der Waals surface area contributed by atoms with Crippen LogP contribution in [-0.4, -0.2) is 4.92 Å². The van der Waals surface area contributed by atoms with Gasteiger partial charge in [0.15, 0.2) is 0 Å². The van der Waals surface area contributed by atoms with Gasteiger partial charge in [0.05, 0.1) is 10.6 Å². The molecule has 0 saturated heterocycles. The molecule has 19 heavy (non-hydrogen) atoms. The van der Waals surface area contributed by atoms with Crippen LogP contribution in [0.4, 0.5) is 31.5 Å². The molecule has 0 radical (unpaired) electrons. The maximum atomic E-state index is 13.4. The maximum absolute atomic E-state index is 13.4. The van der Waals surface area contributed by atoms with Gasteiger partial charge in [-0.2, -0.15) is 0 Å². The van der Waals surface area contributed by atoms with Gasteiger partial charge >= 0.3 is 0 Å². The summed E-state index contributed by atoms with van der Waals surface area (Å²) in [6.45, 7) is 0. The Bertz CT molecular complexity index is 647. The number of nitrogens with one attached hydrogen (secondary N) is 1. The second-order valence-corrected chi connectivity index (χ2v) is 3.82. The van der Waals surface area contributed by atoms with E-state index in [1.54, 1.807) is 0 Å². The van der Waals surface area contributed by atoms with E-state index in [1.165, 1.54) is 24.3 Å². The van der Waals surface area contributed by atoms with Gasteiger partial charge in [0.25, 0.3) is 5.69 Å². The Balaban J connectivity index is 2.35. The number of hydrogen-bond acceptors (Lipinski definition) is 4. The number of anilines is 3. The van der Waals surface area contributed by atoms with E-state index in [-0.39, 0.29) is 22.7 Å². The van der Waals surface area contributed by atoms with Crippen molar-refractivity contribution in [1.82, 2.24) is 0 Å². The minimum absolute atomic E-state index is 0.00120. The van der Waals surface area contributed by atoms with Crippen molar-refractivity contribution in [2.45, 2.75) is 0 Å². The van der Waals surface area contributed by atoms with Gasteiger partial charge in [-0.1, -0.05) is 0 Å². The number of non-ortho nitro benzene ring substituents is 1. The van der Waals surface area contributed by atoms with Crippen molar-refractivity contribution in [1.29, 1.82) is 0 Å². The predicted octanol–water partition coefficient (Wildman–Crippen LogP) is 3.20.